The van der Waals surface area contributed by atoms with Crippen molar-refractivity contribution in [2.45, 2.75) is 43.9 Å². The maximum absolute atomic E-state index is 11.7. The molecule has 130 valence electrons. The summed E-state index contributed by atoms with van der Waals surface area (Å²) in [5.74, 6) is 0.577. The maximum atomic E-state index is 11.7. The molecular weight excluding hydrogens is 367 g/mol. The van der Waals surface area contributed by atoms with Crippen LogP contribution < -0.4 is 61.2 Å². The Morgan fingerprint density at radius 2 is 1.64 bits per heavy atom. The van der Waals surface area contributed by atoms with Crippen molar-refractivity contribution in [2.75, 3.05) is 0 Å². The van der Waals surface area contributed by atoms with E-state index >= 15 is 0 Å². The van der Waals surface area contributed by atoms with E-state index in [0.717, 1.165) is 25.7 Å². The van der Waals surface area contributed by atoms with Gasteiger partial charge in [0.05, 0.1) is 0 Å². The van der Waals surface area contributed by atoms with Crippen molar-refractivity contribution >= 4 is 10.1 Å². The Kier molecular flexibility index (Phi) is 9.65. The minimum atomic E-state index is -4.33. The Balaban J connectivity index is 0.00000312. The average Bonchev–Trinajstić information content (AvgIpc) is 2.54. The first-order valence-corrected chi connectivity index (χ1v) is 9.39. The van der Waals surface area contributed by atoms with Crippen molar-refractivity contribution in [1.29, 1.82) is 0 Å². The third-order valence-corrected chi connectivity index (χ3v) is 4.61. The molecule has 2 aromatic rings. The zero-order valence-electron chi connectivity index (χ0n) is 14.6. The van der Waals surface area contributed by atoms with Gasteiger partial charge in [-0.15, -0.1) is 5.75 Å². The first kappa shape index (κ1) is 22.6. The maximum Gasteiger partial charge on any atom is 1.00 e. The van der Waals surface area contributed by atoms with Gasteiger partial charge in [-0.2, -0.15) is 8.42 Å². The largest absolute Gasteiger partial charge is 1.00 e. The fourth-order valence-corrected chi connectivity index (χ4v) is 3.20. The summed E-state index contributed by atoms with van der Waals surface area (Å²) in [6, 6.07) is 10.4. The summed E-state index contributed by atoms with van der Waals surface area (Å²) in [7, 11) is -4.33. The van der Waals surface area contributed by atoms with E-state index in [0.29, 0.717) is 23.5 Å². The molecule has 0 radical (unpaired) electrons. The third-order valence-electron chi connectivity index (χ3n) is 3.68. The summed E-state index contributed by atoms with van der Waals surface area (Å²) in [5.41, 5.74) is 0.579. The average molecular weight is 389 g/mol. The van der Waals surface area contributed by atoms with Crippen molar-refractivity contribution in [1.82, 2.24) is 0 Å². The first-order chi connectivity index (χ1) is 11.4. The number of hydrogen-bond donors (Lipinski definition) is 1. The predicted octanol–water partition coefficient (Wildman–Crippen LogP) is 0.926. The Morgan fingerprint density at radius 1 is 1.00 bits per heavy atom. The van der Waals surface area contributed by atoms with E-state index < -0.39 is 10.1 Å². The van der Waals surface area contributed by atoms with Crippen molar-refractivity contribution in [3.63, 3.8) is 0 Å². The van der Waals surface area contributed by atoms with Crippen LogP contribution in [0.1, 0.15) is 38.2 Å². The molecule has 0 saturated carbocycles. The molecule has 0 aliphatic carbocycles. The molecule has 5 nitrogen and oxygen atoms in total. The van der Waals surface area contributed by atoms with E-state index in [-0.39, 0.29) is 62.0 Å². The van der Waals surface area contributed by atoms with Crippen LogP contribution in [-0.4, -0.2) is 13.0 Å². The summed E-state index contributed by atoms with van der Waals surface area (Å²) < 4.78 is 38.3. The fourth-order valence-electron chi connectivity index (χ4n) is 2.43. The van der Waals surface area contributed by atoms with Gasteiger partial charge in [-0.1, -0.05) is 44.4 Å². The second kappa shape index (κ2) is 10.7. The van der Waals surface area contributed by atoms with E-state index in [4.69, 9.17) is 4.74 Å². The molecule has 1 N–H and O–H groups in total. The van der Waals surface area contributed by atoms with Crippen LogP contribution >= 0.6 is 0 Å². The molecule has 0 aromatic heterocycles. The van der Waals surface area contributed by atoms with Crippen LogP contribution in [0, 0.1) is 0 Å². The zero-order chi connectivity index (χ0) is 17.6. The zero-order valence-corrected chi connectivity index (χ0v) is 18.5. The topological polar surface area (TPSA) is 86.7 Å². The Hall–Kier alpha value is -0.414. The molecule has 0 spiro atoms. The number of benzene rings is 2. The Morgan fingerprint density at radius 3 is 2.24 bits per heavy atom. The smallest absolute Gasteiger partial charge is 0.872 e. The van der Waals surface area contributed by atoms with Gasteiger partial charge in [0, 0.05) is 6.07 Å². The van der Waals surface area contributed by atoms with Crippen LogP contribution in [-0.2, 0) is 16.5 Å². The molecule has 0 amide bonds. The van der Waals surface area contributed by atoms with Gasteiger partial charge >= 0.3 is 51.4 Å². The van der Waals surface area contributed by atoms with Gasteiger partial charge in [-0.3, -0.25) is 4.55 Å². The van der Waals surface area contributed by atoms with E-state index in [9.17, 15) is 18.1 Å². The van der Waals surface area contributed by atoms with E-state index in [2.05, 4.69) is 6.92 Å². The number of aryl methyl sites for hydroxylation is 1. The molecule has 0 heterocycles. The Bertz CT molecular complexity index is 773. The summed E-state index contributed by atoms with van der Waals surface area (Å²) in [4.78, 5) is -0.128. The molecule has 2 aromatic carbocycles. The molecule has 0 atom stereocenters. The second-order valence-electron chi connectivity index (χ2n) is 5.63. The molecule has 0 aliphatic rings. The number of hydrogen-bond acceptors (Lipinski definition) is 4. The van der Waals surface area contributed by atoms with Gasteiger partial charge in [-0.25, -0.2) is 0 Å². The molecule has 0 bridgehead atoms. The van der Waals surface area contributed by atoms with Crippen molar-refractivity contribution in [3.8, 4) is 17.2 Å². The van der Waals surface area contributed by atoms with Crippen LogP contribution in [0.3, 0.4) is 0 Å². The molecule has 0 saturated heterocycles. The molecule has 0 fully saturated rings. The van der Waals surface area contributed by atoms with Crippen molar-refractivity contribution < 1.29 is 74.2 Å². The monoisotopic (exact) mass is 388 g/mol. The number of rotatable bonds is 8. The standard InChI is InChI=1S/C18H22O5S.K/c1-2-3-4-5-6-14-7-10-17(13-18(14)24(20,21)22)23-16-11-8-15(19)9-12-16;/h7-13,19H,2-6H2,1H3,(H,20,21,22);/q;+1/p-1. The SMILES string of the molecule is CCCCCCc1ccc(Oc2ccc([O-])cc2)cc1S(=O)(=O)O.[K+]. The van der Waals surface area contributed by atoms with Crippen LogP contribution in [0.15, 0.2) is 47.4 Å². The van der Waals surface area contributed by atoms with Crippen LogP contribution in [0.5, 0.6) is 17.2 Å². The van der Waals surface area contributed by atoms with Gasteiger partial charge in [0.15, 0.2) is 0 Å². The fraction of sp³-hybridized carbons (Fsp3) is 0.333. The van der Waals surface area contributed by atoms with Crippen molar-refractivity contribution in [2.24, 2.45) is 0 Å². The molecular formula is C18H21KO5S. The number of unbranched alkanes of at least 4 members (excludes halogenated alkanes) is 3. The van der Waals surface area contributed by atoms with Crippen LogP contribution in [0.2, 0.25) is 0 Å². The minimum absolute atomic E-state index is 0. The second-order valence-corrected chi connectivity index (χ2v) is 7.02. The molecule has 7 heteroatoms. The summed E-state index contributed by atoms with van der Waals surface area (Å²) in [6.45, 7) is 2.11. The molecule has 0 aliphatic heterocycles. The normalized spacial score (nSPS) is 11.0. The van der Waals surface area contributed by atoms with Crippen molar-refractivity contribution in [3.05, 3.63) is 48.0 Å². The molecule has 0 unspecified atom stereocenters. The van der Waals surface area contributed by atoms with Crippen LogP contribution in [0.25, 0.3) is 0 Å². The first-order valence-electron chi connectivity index (χ1n) is 7.95. The summed E-state index contributed by atoms with van der Waals surface area (Å²) in [5, 5.41) is 11.1. The van der Waals surface area contributed by atoms with Gasteiger partial charge in [0.25, 0.3) is 10.1 Å². The molecule has 25 heavy (non-hydrogen) atoms. The third kappa shape index (κ3) is 7.38. The van der Waals surface area contributed by atoms with Gasteiger partial charge < -0.3 is 9.84 Å². The quantitative estimate of drug-likeness (QED) is 0.413. The van der Waals surface area contributed by atoms with E-state index in [1.165, 1.54) is 30.3 Å². The van der Waals surface area contributed by atoms with E-state index in [1.807, 2.05) is 0 Å². The predicted molar refractivity (Wildman–Crippen MR) is 90.1 cm³/mol. The van der Waals surface area contributed by atoms with E-state index in [1.54, 1.807) is 12.1 Å². The number of ether oxygens (including phenoxy) is 1. The molecule has 2 rings (SSSR count). The summed E-state index contributed by atoms with van der Waals surface area (Å²) in [6.07, 6.45) is 4.65. The van der Waals surface area contributed by atoms with Gasteiger partial charge in [-0.05, 0) is 36.6 Å². The minimum Gasteiger partial charge on any atom is -0.872 e. The van der Waals surface area contributed by atoms with Gasteiger partial charge in [0.1, 0.15) is 16.4 Å². The summed E-state index contributed by atoms with van der Waals surface area (Å²) >= 11 is 0. The van der Waals surface area contributed by atoms with Crippen LogP contribution in [0.4, 0.5) is 0 Å². The van der Waals surface area contributed by atoms with Gasteiger partial charge in [0.2, 0.25) is 0 Å². The Labute approximate surface area is 191 Å².